The van der Waals surface area contributed by atoms with Crippen molar-refractivity contribution < 1.29 is 4.79 Å². The first-order valence-electron chi connectivity index (χ1n) is 8.79. The van der Waals surface area contributed by atoms with Gasteiger partial charge in [-0.2, -0.15) is 5.10 Å². The average Bonchev–Trinajstić information content (AvgIpc) is 3.03. The first kappa shape index (κ1) is 15.7. The fraction of sp³-hybridized carbons (Fsp3) is 0.300. The minimum absolute atomic E-state index is 0.000406. The van der Waals surface area contributed by atoms with Gasteiger partial charge in [-0.05, 0) is 54.7 Å². The highest BCUT2D eigenvalue weighted by Gasteiger charge is 2.16. The zero-order valence-corrected chi connectivity index (χ0v) is 14.4. The van der Waals surface area contributed by atoms with E-state index in [1.807, 2.05) is 41.0 Å². The molecule has 0 atom stereocenters. The monoisotopic (exact) mass is 334 g/mol. The van der Waals surface area contributed by atoms with E-state index in [0.717, 1.165) is 53.6 Å². The van der Waals surface area contributed by atoms with Gasteiger partial charge in [-0.1, -0.05) is 18.2 Å². The molecular weight excluding hydrogens is 312 g/mol. The Bertz CT molecular complexity index is 909. The van der Waals surface area contributed by atoms with Crippen LogP contribution in [0.25, 0.3) is 22.0 Å². The number of fused-ring (bicyclic) bond motifs is 1. The number of likely N-dealkylation sites (tertiary alicyclic amines) is 1. The molecule has 2 amide bonds. The van der Waals surface area contributed by atoms with Crippen molar-refractivity contribution in [3.8, 4) is 11.1 Å². The Morgan fingerprint density at radius 2 is 1.84 bits per heavy atom. The van der Waals surface area contributed by atoms with Gasteiger partial charge >= 0.3 is 6.03 Å². The molecule has 0 spiro atoms. The van der Waals surface area contributed by atoms with Gasteiger partial charge < -0.3 is 10.2 Å². The van der Waals surface area contributed by atoms with Crippen molar-refractivity contribution >= 4 is 22.6 Å². The molecule has 2 heterocycles. The number of hydrogen-bond donors (Lipinski definition) is 1. The molecule has 5 nitrogen and oxygen atoms in total. The number of nitrogens with zero attached hydrogens (tertiary/aromatic N) is 3. The minimum Gasteiger partial charge on any atom is -0.325 e. The summed E-state index contributed by atoms with van der Waals surface area (Å²) >= 11 is 0. The molecule has 0 bridgehead atoms. The van der Waals surface area contributed by atoms with E-state index in [1.54, 1.807) is 0 Å². The summed E-state index contributed by atoms with van der Waals surface area (Å²) in [5, 5.41) is 8.44. The largest absolute Gasteiger partial charge is 0.325 e. The molecule has 4 rings (SSSR count). The Balaban J connectivity index is 1.56. The van der Waals surface area contributed by atoms with E-state index in [2.05, 4.69) is 34.7 Å². The smallest absolute Gasteiger partial charge is 0.321 e. The van der Waals surface area contributed by atoms with E-state index in [9.17, 15) is 4.79 Å². The number of hydrogen-bond acceptors (Lipinski definition) is 2. The maximum atomic E-state index is 12.4. The predicted octanol–water partition coefficient (Wildman–Crippen LogP) is 4.26. The quantitative estimate of drug-likeness (QED) is 0.761. The molecule has 0 unspecified atom stereocenters. The SMILES string of the molecule is Cn1ncc2cc(-c3cccc(NC(=O)N4CCCCC4)c3)ccc21. The average molecular weight is 334 g/mol. The predicted molar refractivity (Wildman–Crippen MR) is 101 cm³/mol. The number of anilines is 1. The van der Waals surface area contributed by atoms with Crippen LogP contribution in [0.1, 0.15) is 19.3 Å². The van der Waals surface area contributed by atoms with Crippen molar-refractivity contribution in [1.82, 2.24) is 14.7 Å². The fourth-order valence-corrected chi connectivity index (χ4v) is 3.42. The minimum atomic E-state index is -0.000406. The zero-order chi connectivity index (χ0) is 17.2. The van der Waals surface area contributed by atoms with Gasteiger partial charge in [-0.15, -0.1) is 0 Å². The Morgan fingerprint density at radius 3 is 2.68 bits per heavy atom. The number of carbonyl (C=O) groups is 1. The van der Waals surface area contributed by atoms with Crippen LogP contribution >= 0.6 is 0 Å². The second-order valence-electron chi connectivity index (χ2n) is 6.60. The van der Waals surface area contributed by atoms with Crippen LogP contribution in [-0.4, -0.2) is 33.8 Å². The molecule has 2 aromatic carbocycles. The van der Waals surface area contributed by atoms with E-state index < -0.39 is 0 Å². The molecule has 1 aliphatic heterocycles. The topological polar surface area (TPSA) is 50.2 Å². The van der Waals surface area contributed by atoms with Crippen molar-refractivity contribution in [2.45, 2.75) is 19.3 Å². The van der Waals surface area contributed by atoms with Crippen LogP contribution in [0.2, 0.25) is 0 Å². The number of benzene rings is 2. The summed E-state index contributed by atoms with van der Waals surface area (Å²) in [7, 11) is 1.94. The Labute approximate surface area is 147 Å². The number of urea groups is 1. The van der Waals surface area contributed by atoms with E-state index in [0.29, 0.717) is 0 Å². The Morgan fingerprint density at radius 1 is 1.04 bits per heavy atom. The number of amides is 2. The third kappa shape index (κ3) is 3.22. The molecule has 5 heteroatoms. The first-order chi connectivity index (χ1) is 12.2. The highest BCUT2D eigenvalue weighted by Crippen LogP contribution is 2.26. The van der Waals surface area contributed by atoms with Gasteiger partial charge in [0.1, 0.15) is 0 Å². The van der Waals surface area contributed by atoms with Crippen molar-refractivity contribution in [1.29, 1.82) is 0 Å². The van der Waals surface area contributed by atoms with Crippen molar-refractivity contribution in [2.75, 3.05) is 18.4 Å². The Hall–Kier alpha value is -2.82. The molecule has 0 saturated carbocycles. The molecule has 0 aliphatic carbocycles. The van der Waals surface area contributed by atoms with Crippen molar-refractivity contribution in [3.63, 3.8) is 0 Å². The van der Waals surface area contributed by atoms with Gasteiger partial charge in [0.2, 0.25) is 0 Å². The summed E-state index contributed by atoms with van der Waals surface area (Å²) < 4.78 is 1.87. The molecule has 1 aliphatic rings. The van der Waals surface area contributed by atoms with Gasteiger partial charge in [-0.25, -0.2) is 4.79 Å². The molecule has 128 valence electrons. The van der Waals surface area contributed by atoms with Crippen LogP contribution in [-0.2, 0) is 7.05 Å². The number of aromatic nitrogens is 2. The molecule has 1 N–H and O–H groups in total. The van der Waals surface area contributed by atoms with Crippen molar-refractivity contribution in [2.24, 2.45) is 7.05 Å². The van der Waals surface area contributed by atoms with Crippen LogP contribution in [0.4, 0.5) is 10.5 Å². The maximum absolute atomic E-state index is 12.4. The summed E-state index contributed by atoms with van der Waals surface area (Å²) in [4.78, 5) is 14.3. The molecule has 1 aromatic heterocycles. The number of rotatable bonds is 2. The number of aryl methyl sites for hydroxylation is 1. The standard InChI is InChI=1S/C20H22N4O/c1-23-19-9-8-16(12-17(19)14-21-23)15-6-5-7-18(13-15)22-20(25)24-10-3-2-4-11-24/h5-9,12-14H,2-4,10-11H2,1H3,(H,22,25). The highest BCUT2D eigenvalue weighted by molar-refractivity contribution is 5.91. The van der Waals surface area contributed by atoms with Crippen LogP contribution in [0, 0.1) is 0 Å². The number of piperidine rings is 1. The number of carbonyl (C=O) groups excluding carboxylic acids is 1. The van der Waals surface area contributed by atoms with Gasteiger partial charge in [-0.3, -0.25) is 4.68 Å². The number of nitrogens with one attached hydrogen (secondary N) is 1. The normalized spacial score (nSPS) is 14.7. The lowest BCUT2D eigenvalue weighted by Gasteiger charge is -2.26. The van der Waals surface area contributed by atoms with Gasteiger partial charge in [0, 0.05) is 31.2 Å². The van der Waals surface area contributed by atoms with Gasteiger partial charge in [0.15, 0.2) is 0 Å². The van der Waals surface area contributed by atoms with E-state index >= 15 is 0 Å². The van der Waals surface area contributed by atoms with Crippen LogP contribution in [0.3, 0.4) is 0 Å². The lowest BCUT2D eigenvalue weighted by molar-refractivity contribution is 0.200. The van der Waals surface area contributed by atoms with Gasteiger partial charge in [0.05, 0.1) is 11.7 Å². The van der Waals surface area contributed by atoms with Crippen LogP contribution in [0.15, 0.2) is 48.7 Å². The summed E-state index contributed by atoms with van der Waals surface area (Å²) in [5.41, 5.74) is 4.15. The third-order valence-electron chi connectivity index (χ3n) is 4.84. The molecule has 1 saturated heterocycles. The molecular formula is C20H22N4O. The summed E-state index contributed by atoms with van der Waals surface area (Å²) in [6.07, 6.45) is 5.29. The fourth-order valence-electron chi connectivity index (χ4n) is 3.42. The van der Waals surface area contributed by atoms with E-state index in [4.69, 9.17) is 0 Å². The maximum Gasteiger partial charge on any atom is 0.321 e. The van der Waals surface area contributed by atoms with Crippen LogP contribution in [0.5, 0.6) is 0 Å². The second-order valence-corrected chi connectivity index (χ2v) is 6.60. The summed E-state index contributed by atoms with van der Waals surface area (Å²) in [5.74, 6) is 0. The van der Waals surface area contributed by atoms with Crippen LogP contribution < -0.4 is 5.32 Å². The lowest BCUT2D eigenvalue weighted by atomic mass is 10.0. The van der Waals surface area contributed by atoms with Gasteiger partial charge in [0.25, 0.3) is 0 Å². The highest BCUT2D eigenvalue weighted by atomic mass is 16.2. The molecule has 25 heavy (non-hydrogen) atoms. The first-order valence-corrected chi connectivity index (χ1v) is 8.79. The van der Waals surface area contributed by atoms with Crippen molar-refractivity contribution in [3.05, 3.63) is 48.7 Å². The zero-order valence-electron chi connectivity index (χ0n) is 14.4. The second kappa shape index (κ2) is 6.59. The van der Waals surface area contributed by atoms with E-state index in [1.165, 1.54) is 6.42 Å². The molecule has 3 aromatic rings. The summed E-state index contributed by atoms with van der Waals surface area (Å²) in [6, 6.07) is 14.3. The van der Waals surface area contributed by atoms with E-state index in [-0.39, 0.29) is 6.03 Å². The molecule has 0 radical (unpaired) electrons. The molecule has 1 fully saturated rings. The Kier molecular flexibility index (Phi) is 4.14. The summed E-state index contributed by atoms with van der Waals surface area (Å²) in [6.45, 7) is 1.70. The lowest BCUT2D eigenvalue weighted by Crippen LogP contribution is -2.38. The third-order valence-corrected chi connectivity index (χ3v) is 4.84.